The largest absolute Gasteiger partial charge is 0.325 e. The molecule has 0 fully saturated rings. The van der Waals surface area contributed by atoms with E-state index in [2.05, 4.69) is 65.8 Å². The van der Waals surface area contributed by atoms with Crippen LogP contribution in [0.2, 0.25) is 0 Å². The maximum absolute atomic E-state index is 6.32. The Balaban J connectivity index is 2.83. The highest BCUT2D eigenvalue weighted by atomic mass is 14.7. The van der Waals surface area contributed by atoms with Crippen LogP contribution in [0.4, 0.5) is 0 Å². The second-order valence-electron chi connectivity index (χ2n) is 6.78. The number of hydrogen-bond donors (Lipinski definition) is 1. The van der Waals surface area contributed by atoms with E-state index in [4.69, 9.17) is 5.73 Å². The molecule has 1 heteroatoms. The van der Waals surface area contributed by atoms with Crippen LogP contribution in [0.15, 0.2) is 24.3 Å². The van der Waals surface area contributed by atoms with Crippen molar-refractivity contribution in [3.63, 3.8) is 0 Å². The van der Waals surface area contributed by atoms with Gasteiger partial charge in [-0.25, -0.2) is 0 Å². The molecule has 0 aliphatic rings. The number of hydrogen-bond acceptors (Lipinski definition) is 1. The van der Waals surface area contributed by atoms with Gasteiger partial charge in [0.1, 0.15) is 0 Å². The van der Waals surface area contributed by atoms with Crippen LogP contribution < -0.4 is 5.73 Å². The van der Waals surface area contributed by atoms with Crippen LogP contribution in [0.1, 0.15) is 52.7 Å². The van der Waals surface area contributed by atoms with Crippen LogP contribution in [0.3, 0.4) is 0 Å². The zero-order valence-corrected chi connectivity index (χ0v) is 12.2. The average molecular weight is 233 g/mol. The van der Waals surface area contributed by atoms with Gasteiger partial charge in [0.05, 0.1) is 0 Å². The van der Waals surface area contributed by atoms with Crippen LogP contribution in [-0.4, -0.2) is 5.54 Å². The standard InChI is InChI=1S/C16H27N/c1-12(2)16(6,17)11-13-7-9-14(10-8-13)15(3,4)5/h7-10,12H,11,17H2,1-6H3. The highest BCUT2D eigenvalue weighted by Gasteiger charge is 2.23. The third-order valence-electron chi connectivity index (χ3n) is 3.72. The fraction of sp³-hybridized carbons (Fsp3) is 0.625. The van der Waals surface area contributed by atoms with Gasteiger partial charge in [0.25, 0.3) is 0 Å². The van der Waals surface area contributed by atoms with E-state index in [1.54, 1.807) is 0 Å². The molecule has 0 aliphatic carbocycles. The Morgan fingerprint density at radius 3 is 1.82 bits per heavy atom. The van der Waals surface area contributed by atoms with Crippen molar-refractivity contribution in [3.05, 3.63) is 35.4 Å². The molecule has 0 spiro atoms. The first-order chi connectivity index (χ1) is 7.63. The molecule has 1 aromatic rings. The van der Waals surface area contributed by atoms with Crippen molar-refractivity contribution in [2.45, 2.75) is 58.9 Å². The number of nitrogens with two attached hydrogens (primary N) is 1. The molecule has 0 heterocycles. The average Bonchev–Trinajstić information content (AvgIpc) is 2.16. The van der Waals surface area contributed by atoms with Crippen molar-refractivity contribution in [3.8, 4) is 0 Å². The molecule has 0 aliphatic heterocycles. The summed E-state index contributed by atoms with van der Waals surface area (Å²) in [6.45, 7) is 13.2. The first kappa shape index (κ1) is 14.2. The first-order valence-electron chi connectivity index (χ1n) is 6.51. The van der Waals surface area contributed by atoms with E-state index in [0.717, 1.165) is 6.42 Å². The van der Waals surface area contributed by atoms with Crippen molar-refractivity contribution < 1.29 is 0 Å². The van der Waals surface area contributed by atoms with Crippen LogP contribution in [0, 0.1) is 5.92 Å². The molecule has 2 N–H and O–H groups in total. The number of rotatable bonds is 3. The van der Waals surface area contributed by atoms with Crippen LogP contribution in [0.25, 0.3) is 0 Å². The third-order valence-corrected chi connectivity index (χ3v) is 3.72. The molecule has 0 saturated heterocycles. The van der Waals surface area contributed by atoms with Gasteiger partial charge >= 0.3 is 0 Å². The van der Waals surface area contributed by atoms with Crippen LogP contribution in [0.5, 0.6) is 0 Å². The lowest BCUT2D eigenvalue weighted by molar-refractivity contribution is 0.338. The normalized spacial score (nSPS) is 16.0. The summed E-state index contributed by atoms with van der Waals surface area (Å²) < 4.78 is 0. The fourth-order valence-electron chi connectivity index (χ4n) is 1.77. The summed E-state index contributed by atoms with van der Waals surface area (Å²) in [5.74, 6) is 0.491. The Bertz CT molecular complexity index is 352. The van der Waals surface area contributed by atoms with Gasteiger partial charge in [-0.15, -0.1) is 0 Å². The van der Waals surface area contributed by atoms with Crippen molar-refractivity contribution in [2.24, 2.45) is 11.7 Å². The SMILES string of the molecule is CC(C)C(C)(N)Cc1ccc(C(C)(C)C)cc1. The van der Waals surface area contributed by atoms with E-state index in [1.807, 2.05) is 0 Å². The minimum Gasteiger partial charge on any atom is -0.325 e. The summed E-state index contributed by atoms with van der Waals surface area (Å²) in [4.78, 5) is 0. The summed E-state index contributed by atoms with van der Waals surface area (Å²) in [5.41, 5.74) is 9.13. The molecular formula is C16H27N. The maximum atomic E-state index is 6.32. The lowest BCUT2D eigenvalue weighted by Crippen LogP contribution is -2.43. The second-order valence-corrected chi connectivity index (χ2v) is 6.78. The minimum atomic E-state index is -0.122. The Hall–Kier alpha value is -0.820. The zero-order chi connectivity index (χ0) is 13.3. The van der Waals surface area contributed by atoms with Gasteiger partial charge in [-0.3, -0.25) is 0 Å². The fourth-order valence-corrected chi connectivity index (χ4v) is 1.77. The van der Waals surface area contributed by atoms with E-state index in [9.17, 15) is 0 Å². The first-order valence-corrected chi connectivity index (χ1v) is 6.51. The summed E-state index contributed by atoms with van der Waals surface area (Å²) in [6, 6.07) is 8.89. The third kappa shape index (κ3) is 3.85. The van der Waals surface area contributed by atoms with Gasteiger partial charge < -0.3 is 5.73 Å². The Labute approximate surface area is 106 Å². The van der Waals surface area contributed by atoms with Gasteiger partial charge in [-0.1, -0.05) is 58.9 Å². The molecule has 1 nitrogen and oxygen atoms in total. The Kier molecular flexibility index (Phi) is 4.03. The van der Waals surface area contributed by atoms with Gasteiger partial charge in [-0.2, -0.15) is 0 Å². The molecular weight excluding hydrogens is 206 g/mol. The van der Waals surface area contributed by atoms with Gasteiger partial charge in [-0.05, 0) is 35.8 Å². The van der Waals surface area contributed by atoms with Crippen LogP contribution >= 0.6 is 0 Å². The van der Waals surface area contributed by atoms with E-state index in [0.29, 0.717) is 5.92 Å². The minimum absolute atomic E-state index is 0.122. The van der Waals surface area contributed by atoms with E-state index >= 15 is 0 Å². The summed E-state index contributed by atoms with van der Waals surface area (Å²) >= 11 is 0. The molecule has 1 atom stereocenters. The molecule has 1 rings (SSSR count). The predicted molar refractivity (Wildman–Crippen MR) is 76.3 cm³/mol. The molecule has 0 aromatic heterocycles. The molecule has 0 bridgehead atoms. The Morgan fingerprint density at radius 2 is 1.47 bits per heavy atom. The zero-order valence-electron chi connectivity index (χ0n) is 12.2. The van der Waals surface area contributed by atoms with E-state index in [-0.39, 0.29) is 11.0 Å². The molecule has 17 heavy (non-hydrogen) atoms. The van der Waals surface area contributed by atoms with E-state index in [1.165, 1.54) is 11.1 Å². The van der Waals surface area contributed by atoms with Gasteiger partial charge in [0, 0.05) is 5.54 Å². The van der Waals surface area contributed by atoms with E-state index < -0.39 is 0 Å². The Morgan fingerprint density at radius 1 is 1.00 bits per heavy atom. The molecule has 0 radical (unpaired) electrons. The van der Waals surface area contributed by atoms with Crippen molar-refractivity contribution in [1.29, 1.82) is 0 Å². The van der Waals surface area contributed by atoms with Crippen LogP contribution in [-0.2, 0) is 11.8 Å². The number of benzene rings is 1. The summed E-state index contributed by atoms with van der Waals surface area (Å²) in [5, 5.41) is 0. The second kappa shape index (κ2) is 4.81. The van der Waals surface area contributed by atoms with Crippen molar-refractivity contribution in [1.82, 2.24) is 0 Å². The highest BCUT2D eigenvalue weighted by Crippen LogP contribution is 2.24. The van der Waals surface area contributed by atoms with Crippen molar-refractivity contribution >= 4 is 0 Å². The summed E-state index contributed by atoms with van der Waals surface area (Å²) in [6.07, 6.45) is 0.940. The molecule has 0 saturated carbocycles. The monoisotopic (exact) mass is 233 g/mol. The molecule has 1 aromatic carbocycles. The topological polar surface area (TPSA) is 26.0 Å². The molecule has 0 amide bonds. The quantitative estimate of drug-likeness (QED) is 0.842. The predicted octanol–water partition coefficient (Wildman–Crippen LogP) is 3.90. The molecule has 1 unspecified atom stereocenters. The van der Waals surface area contributed by atoms with Gasteiger partial charge in [0.2, 0.25) is 0 Å². The highest BCUT2D eigenvalue weighted by molar-refractivity contribution is 5.28. The lowest BCUT2D eigenvalue weighted by atomic mass is 9.82. The summed E-state index contributed by atoms with van der Waals surface area (Å²) in [7, 11) is 0. The maximum Gasteiger partial charge on any atom is 0.0189 e. The lowest BCUT2D eigenvalue weighted by Gasteiger charge is -2.29. The van der Waals surface area contributed by atoms with Gasteiger partial charge in [0.15, 0.2) is 0 Å². The molecule has 96 valence electrons. The van der Waals surface area contributed by atoms with Crippen molar-refractivity contribution in [2.75, 3.05) is 0 Å². The smallest absolute Gasteiger partial charge is 0.0189 e.